The van der Waals surface area contributed by atoms with Crippen LogP contribution < -0.4 is 26.4 Å². The number of alkyl carbamates (subject to hydrolysis) is 1. The van der Waals surface area contributed by atoms with Gasteiger partial charge < -0.3 is 31.2 Å². The Balaban J connectivity index is 1.42. The molecular weight excluding hydrogens is 616 g/mol. The zero-order chi connectivity index (χ0) is 35.2. The molecule has 262 valence electrons. The van der Waals surface area contributed by atoms with E-state index in [9.17, 15) is 14.4 Å². The fourth-order valence-electron chi connectivity index (χ4n) is 6.52. The molecule has 0 aliphatic heterocycles. The highest BCUT2D eigenvalue weighted by Crippen LogP contribution is 2.35. The first-order valence-corrected chi connectivity index (χ1v) is 17.4. The normalized spacial score (nSPS) is 17.5. The average molecular weight is 669 g/mol. The Kier molecular flexibility index (Phi) is 14.3. The molecule has 1 aliphatic carbocycles. The number of anilines is 2. The number of amides is 2. The molecule has 9 heteroatoms. The number of hydrogen-bond acceptors (Lipinski definition) is 7. The van der Waals surface area contributed by atoms with E-state index in [0.29, 0.717) is 49.3 Å². The fourth-order valence-corrected chi connectivity index (χ4v) is 6.52. The van der Waals surface area contributed by atoms with E-state index in [0.717, 1.165) is 53.6 Å². The van der Waals surface area contributed by atoms with Gasteiger partial charge >= 0.3 is 6.09 Å². The summed E-state index contributed by atoms with van der Waals surface area (Å²) in [5.74, 6) is 0.854. The van der Waals surface area contributed by atoms with E-state index in [1.165, 1.54) is 0 Å². The molecule has 2 atom stereocenters. The zero-order valence-corrected chi connectivity index (χ0v) is 29.2. The molecule has 0 radical (unpaired) electrons. The summed E-state index contributed by atoms with van der Waals surface area (Å²) >= 11 is 0. The summed E-state index contributed by atoms with van der Waals surface area (Å²) < 4.78 is 10.8. The molecule has 1 fully saturated rings. The smallest absolute Gasteiger partial charge is 0.407 e. The van der Waals surface area contributed by atoms with Gasteiger partial charge in [0.2, 0.25) is 5.91 Å². The van der Waals surface area contributed by atoms with Crippen molar-refractivity contribution < 1.29 is 23.9 Å². The molecule has 4 rings (SSSR count). The lowest BCUT2D eigenvalue weighted by molar-refractivity contribution is -0.122. The minimum absolute atomic E-state index is 0.00211. The molecule has 0 bridgehead atoms. The van der Waals surface area contributed by atoms with Crippen molar-refractivity contribution in [2.24, 2.45) is 29.4 Å². The second-order valence-corrected chi connectivity index (χ2v) is 13.4. The maximum atomic E-state index is 14.0. The summed E-state index contributed by atoms with van der Waals surface area (Å²) in [7, 11) is 0. The number of hydrogen-bond donors (Lipinski definition) is 4. The predicted octanol–water partition coefficient (Wildman–Crippen LogP) is 7.92. The van der Waals surface area contributed by atoms with Gasteiger partial charge in [-0.3, -0.25) is 9.59 Å². The van der Waals surface area contributed by atoms with E-state index in [4.69, 9.17) is 15.2 Å². The first-order valence-electron chi connectivity index (χ1n) is 17.4. The van der Waals surface area contributed by atoms with Gasteiger partial charge in [0.15, 0.2) is 0 Å². The Morgan fingerprint density at radius 3 is 2.22 bits per heavy atom. The first kappa shape index (κ1) is 37.2. The van der Waals surface area contributed by atoms with Crippen LogP contribution in [0.25, 0.3) is 5.57 Å². The third kappa shape index (κ3) is 11.2. The van der Waals surface area contributed by atoms with E-state index in [1.807, 2.05) is 107 Å². The molecule has 0 spiro atoms. The van der Waals surface area contributed by atoms with Gasteiger partial charge in [-0.15, -0.1) is 0 Å². The van der Waals surface area contributed by atoms with Crippen molar-refractivity contribution in [3.63, 3.8) is 0 Å². The molecule has 0 heterocycles. The van der Waals surface area contributed by atoms with Crippen molar-refractivity contribution >= 4 is 35.4 Å². The average Bonchev–Trinajstić information content (AvgIpc) is 3.12. The summed E-state index contributed by atoms with van der Waals surface area (Å²) in [6.07, 6.45) is 6.30. The highest BCUT2D eigenvalue weighted by atomic mass is 16.5. The summed E-state index contributed by atoms with van der Waals surface area (Å²) in [5.41, 5.74) is 11.2. The quantitative estimate of drug-likeness (QED) is 0.114. The van der Waals surface area contributed by atoms with Crippen LogP contribution in [0.15, 0.2) is 78.9 Å². The van der Waals surface area contributed by atoms with E-state index < -0.39 is 18.1 Å². The molecule has 0 saturated heterocycles. The Morgan fingerprint density at radius 1 is 0.918 bits per heavy atom. The number of nitrogens with two attached hydrogens (primary N) is 1. The zero-order valence-electron chi connectivity index (χ0n) is 29.2. The molecule has 49 heavy (non-hydrogen) atoms. The second-order valence-electron chi connectivity index (χ2n) is 13.4. The Bertz CT molecular complexity index is 1530. The van der Waals surface area contributed by atoms with E-state index in [1.54, 1.807) is 0 Å². The number of rotatable bonds is 16. The summed E-state index contributed by atoms with van der Waals surface area (Å²) in [5, 5.41) is 9.56. The van der Waals surface area contributed by atoms with Crippen LogP contribution in [0.2, 0.25) is 0 Å². The standard InChI is InChI=1S/C40H52N4O5/c1-5-28(4)35-20-19-34(22-37(35)49-26-45)42-24-31-15-17-33(18-16-31)43-39(46)36(21-29-11-13-30(23-41)14-12-29)38(27(2)3)44-40(47)48-25-32-9-7-6-8-10-32/h5-10,15-20,22,26-27,29-30,36,38,42H,11-14,21,23-25,41H2,1-4H3,(H,43,46)(H,44,47)/b28-5-. The van der Waals surface area contributed by atoms with Crippen molar-refractivity contribution in [3.05, 3.63) is 95.6 Å². The highest BCUT2D eigenvalue weighted by Gasteiger charge is 2.35. The molecule has 1 saturated carbocycles. The number of ether oxygens (including phenoxy) is 2. The van der Waals surface area contributed by atoms with Crippen LogP contribution in [0, 0.1) is 23.7 Å². The first-order chi connectivity index (χ1) is 23.7. The van der Waals surface area contributed by atoms with Crippen LogP contribution in [0.4, 0.5) is 16.2 Å². The van der Waals surface area contributed by atoms with Crippen LogP contribution in [0.3, 0.4) is 0 Å². The van der Waals surface area contributed by atoms with Gasteiger partial charge in [-0.1, -0.05) is 75.2 Å². The van der Waals surface area contributed by atoms with Gasteiger partial charge in [0.25, 0.3) is 6.47 Å². The van der Waals surface area contributed by atoms with Crippen molar-refractivity contribution in [1.82, 2.24) is 5.32 Å². The van der Waals surface area contributed by atoms with Crippen molar-refractivity contribution in [2.45, 2.75) is 79.0 Å². The lowest BCUT2D eigenvalue weighted by Gasteiger charge is -2.35. The monoisotopic (exact) mass is 668 g/mol. The summed E-state index contributed by atoms with van der Waals surface area (Å²) in [4.78, 5) is 38.1. The van der Waals surface area contributed by atoms with Crippen LogP contribution in [0.5, 0.6) is 5.75 Å². The lowest BCUT2D eigenvalue weighted by Crippen LogP contribution is -2.49. The molecule has 2 amide bonds. The number of carbonyl (C=O) groups is 3. The molecule has 3 aromatic carbocycles. The van der Waals surface area contributed by atoms with Crippen LogP contribution in [-0.2, 0) is 27.5 Å². The van der Waals surface area contributed by atoms with Gasteiger partial charge in [-0.2, -0.15) is 0 Å². The third-order valence-corrected chi connectivity index (χ3v) is 9.61. The number of nitrogens with one attached hydrogen (secondary N) is 3. The maximum Gasteiger partial charge on any atom is 0.407 e. The molecule has 0 aromatic heterocycles. The summed E-state index contributed by atoms with van der Waals surface area (Å²) in [6.45, 7) is 9.80. The Hall–Kier alpha value is -4.63. The topological polar surface area (TPSA) is 132 Å². The van der Waals surface area contributed by atoms with Crippen LogP contribution in [0.1, 0.15) is 76.5 Å². The van der Waals surface area contributed by atoms with Gasteiger partial charge in [-0.25, -0.2) is 4.79 Å². The highest BCUT2D eigenvalue weighted by molar-refractivity contribution is 5.93. The van der Waals surface area contributed by atoms with E-state index >= 15 is 0 Å². The third-order valence-electron chi connectivity index (χ3n) is 9.61. The SMILES string of the molecule is C/C=C(/C)c1ccc(NCc2ccc(NC(=O)C(CC3CCC(CN)CC3)C(NC(=O)OCc3ccccc3)C(C)C)cc2)cc1OC=O. The molecule has 5 N–H and O–H groups in total. The number of benzene rings is 3. The van der Waals surface area contributed by atoms with Gasteiger partial charge in [0.1, 0.15) is 12.4 Å². The Labute approximate surface area is 291 Å². The van der Waals surface area contributed by atoms with Crippen molar-refractivity contribution in [2.75, 3.05) is 17.2 Å². The second kappa shape index (κ2) is 18.8. The van der Waals surface area contributed by atoms with Gasteiger partial charge in [0.05, 0.1) is 5.92 Å². The predicted molar refractivity (Wildman–Crippen MR) is 196 cm³/mol. The fraction of sp³-hybridized carbons (Fsp3) is 0.425. The van der Waals surface area contributed by atoms with Gasteiger partial charge in [0, 0.05) is 35.6 Å². The van der Waals surface area contributed by atoms with E-state index in [2.05, 4.69) is 16.0 Å². The molecular formula is C40H52N4O5. The molecule has 9 nitrogen and oxygen atoms in total. The molecule has 2 unspecified atom stereocenters. The van der Waals surface area contributed by atoms with Crippen molar-refractivity contribution in [3.8, 4) is 5.75 Å². The molecule has 1 aliphatic rings. The lowest BCUT2D eigenvalue weighted by atomic mass is 9.75. The summed E-state index contributed by atoms with van der Waals surface area (Å²) in [6, 6.07) is 22.5. The van der Waals surface area contributed by atoms with Crippen LogP contribution >= 0.6 is 0 Å². The number of allylic oxidation sites excluding steroid dienone is 2. The number of carbonyl (C=O) groups excluding carboxylic acids is 3. The minimum atomic E-state index is -0.527. The van der Waals surface area contributed by atoms with Gasteiger partial charge in [-0.05, 0) is 98.4 Å². The molecule has 3 aromatic rings. The van der Waals surface area contributed by atoms with Crippen molar-refractivity contribution in [1.29, 1.82) is 0 Å². The Morgan fingerprint density at radius 2 is 1.59 bits per heavy atom. The van der Waals surface area contributed by atoms with Crippen LogP contribution in [-0.4, -0.2) is 31.1 Å². The van der Waals surface area contributed by atoms with E-state index in [-0.39, 0.29) is 18.4 Å². The largest absolute Gasteiger partial charge is 0.445 e. The maximum absolute atomic E-state index is 14.0. The minimum Gasteiger partial charge on any atom is -0.445 e.